The molecule has 2 heterocycles. The van der Waals surface area contributed by atoms with Gasteiger partial charge >= 0.3 is 0 Å². The number of benzene rings is 5. The van der Waals surface area contributed by atoms with Gasteiger partial charge in [-0.1, -0.05) is 142 Å². The van der Waals surface area contributed by atoms with Crippen molar-refractivity contribution in [2.75, 3.05) is 0 Å². The fourth-order valence-corrected chi connectivity index (χ4v) is 8.61. The Hall–Kier alpha value is -5.08. The molecule has 0 spiro atoms. The summed E-state index contributed by atoms with van der Waals surface area (Å²) in [6.45, 7) is 0. The number of hydrogen-bond acceptors (Lipinski definition) is 2. The van der Waals surface area contributed by atoms with Crippen molar-refractivity contribution in [2.24, 2.45) is 0 Å². The van der Waals surface area contributed by atoms with E-state index < -0.39 is 0 Å². The van der Waals surface area contributed by atoms with Crippen LogP contribution in [0.4, 0.5) is 0 Å². The SMILES string of the molecule is c1ccc(-c2ccc(-c3cc(-c4ccccc4)cc(-c4cc(C5CCCCC5)nc5c4ccc4ccc(C6CCCCC6)nc45)c3)cc2)cc1. The molecule has 246 valence electrons. The Labute approximate surface area is 296 Å². The minimum atomic E-state index is 0.492. The van der Waals surface area contributed by atoms with Gasteiger partial charge in [0.2, 0.25) is 0 Å². The average molecular weight is 649 g/mol. The van der Waals surface area contributed by atoms with Crippen molar-refractivity contribution in [1.82, 2.24) is 9.97 Å². The lowest BCUT2D eigenvalue weighted by atomic mass is 9.84. The fraction of sp³-hybridized carbons (Fsp3) is 0.250. The predicted molar refractivity (Wildman–Crippen MR) is 210 cm³/mol. The maximum Gasteiger partial charge on any atom is 0.0974 e. The van der Waals surface area contributed by atoms with Crippen LogP contribution in [0.1, 0.15) is 87.4 Å². The molecule has 9 rings (SSSR count). The van der Waals surface area contributed by atoms with E-state index in [0.717, 1.165) is 11.0 Å². The summed E-state index contributed by atoms with van der Waals surface area (Å²) in [6, 6.07) is 49.3. The molecule has 0 atom stereocenters. The monoisotopic (exact) mass is 648 g/mol. The van der Waals surface area contributed by atoms with Crippen LogP contribution < -0.4 is 0 Å². The molecule has 0 unspecified atom stereocenters. The van der Waals surface area contributed by atoms with Crippen molar-refractivity contribution in [2.45, 2.75) is 76.0 Å². The van der Waals surface area contributed by atoms with E-state index in [0.29, 0.717) is 11.8 Å². The number of pyridine rings is 2. The summed E-state index contributed by atoms with van der Waals surface area (Å²) >= 11 is 0. The molecule has 0 bridgehead atoms. The van der Waals surface area contributed by atoms with Crippen molar-refractivity contribution in [3.8, 4) is 44.5 Å². The highest BCUT2D eigenvalue weighted by molar-refractivity contribution is 6.08. The summed E-state index contributed by atoms with van der Waals surface area (Å²) in [5, 5.41) is 2.38. The number of hydrogen-bond donors (Lipinski definition) is 0. The number of nitrogens with zero attached hydrogens (tertiary/aromatic N) is 2. The van der Waals surface area contributed by atoms with Crippen LogP contribution in [0.5, 0.6) is 0 Å². The minimum Gasteiger partial charge on any atom is -0.250 e. The van der Waals surface area contributed by atoms with Crippen LogP contribution in [0.2, 0.25) is 0 Å². The second kappa shape index (κ2) is 13.7. The zero-order valence-corrected chi connectivity index (χ0v) is 28.8. The lowest BCUT2D eigenvalue weighted by molar-refractivity contribution is 0.437. The molecule has 0 amide bonds. The second-order valence-corrected chi connectivity index (χ2v) is 14.6. The molecular formula is C48H44N2. The summed E-state index contributed by atoms with van der Waals surface area (Å²) in [5.41, 5.74) is 14.5. The van der Waals surface area contributed by atoms with Gasteiger partial charge in [-0.25, -0.2) is 0 Å². The summed E-state index contributed by atoms with van der Waals surface area (Å²) in [6.07, 6.45) is 12.8. The van der Waals surface area contributed by atoms with Gasteiger partial charge in [0.1, 0.15) is 0 Å². The molecule has 2 saturated carbocycles. The van der Waals surface area contributed by atoms with Crippen LogP contribution in [-0.2, 0) is 0 Å². The van der Waals surface area contributed by atoms with Crippen molar-refractivity contribution in [1.29, 1.82) is 0 Å². The molecule has 0 N–H and O–H groups in total. The van der Waals surface area contributed by atoms with Crippen LogP contribution >= 0.6 is 0 Å². The highest BCUT2D eigenvalue weighted by atomic mass is 14.8. The molecular weight excluding hydrogens is 605 g/mol. The molecule has 7 aromatic rings. The number of aromatic nitrogens is 2. The van der Waals surface area contributed by atoms with Gasteiger partial charge in [-0.3, -0.25) is 9.97 Å². The zero-order chi connectivity index (χ0) is 33.3. The Morgan fingerprint density at radius 3 is 1.46 bits per heavy atom. The summed E-state index contributed by atoms with van der Waals surface area (Å²) in [4.78, 5) is 11.0. The summed E-state index contributed by atoms with van der Waals surface area (Å²) < 4.78 is 0. The highest BCUT2D eigenvalue weighted by Crippen LogP contribution is 2.41. The Bertz CT molecular complexity index is 2260. The lowest BCUT2D eigenvalue weighted by Gasteiger charge is -2.23. The normalized spacial score (nSPS) is 15.8. The number of rotatable bonds is 6. The van der Waals surface area contributed by atoms with E-state index in [1.807, 2.05) is 0 Å². The first-order valence-electron chi connectivity index (χ1n) is 18.9. The maximum absolute atomic E-state index is 5.54. The topological polar surface area (TPSA) is 25.8 Å². The first-order valence-corrected chi connectivity index (χ1v) is 18.9. The molecule has 2 aliphatic rings. The van der Waals surface area contributed by atoms with Gasteiger partial charge in [0.25, 0.3) is 0 Å². The highest BCUT2D eigenvalue weighted by Gasteiger charge is 2.22. The third-order valence-corrected chi connectivity index (χ3v) is 11.4. The van der Waals surface area contributed by atoms with E-state index in [-0.39, 0.29) is 0 Å². The molecule has 2 nitrogen and oxygen atoms in total. The molecule has 0 aliphatic heterocycles. The van der Waals surface area contributed by atoms with E-state index in [9.17, 15) is 0 Å². The van der Waals surface area contributed by atoms with Crippen LogP contribution in [0.25, 0.3) is 66.3 Å². The quantitative estimate of drug-likeness (QED) is 0.168. The zero-order valence-electron chi connectivity index (χ0n) is 28.8. The third-order valence-electron chi connectivity index (χ3n) is 11.4. The Morgan fingerprint density at radius 1 is 0.360 bits per heavy atom. The standard InChI is InChI=1S/C48H44N2/c1-5-13-33(14-6-1)35-21-23-36(24-22-35)41-29-40(34-15-7-2-8-16-34)30-42(31-41)44-32-46(38-19-11-4-12-20-38)50-48-43(44)27-25-39-26-28-45(49-47(39)48)37-17-9-3-10-18-37/h1-2,5-8,13-16,21-32,37-38H,3-4,9-12,17-20H2. The van der Waals surface area contributed by atoms with E-state index in [4.69, 9.17) is 9.97 Å². The van der Waals surface area contributed by atoms with E-state index in [1.54, 1.807) is 0 Å². The fourth-order valence-electron chi connectivity index (χ4n) is 8.61. The molecule has 2 aliphatic carbocycles. The van der Waals surface area contributed by atoms with Crippen molar-refractivity contribution in [3.63, 3.8) is 0 Å². The van der Waals surface area contributed by atoms with Crippen LogP contribution in [0.15, 0.2) is 133 Å². The van der Waals surface area contributed by atoms with Crippen LogP contribution in [-0.4, -0.2) is 9.97 Å². The van der Waals surface area contributed by atoms with Gasteiger partial charge in [0, 0.05) is 34.0 Å². The van der Waals surface area contributed by atoms with Gasteiger partial charge < -0.3 is 0 Å². The summed E-state index contributed by atoms with van der Waals surface area (Å²) in [5.74, 6) is 1.05. The van der Waals surface area contributed by atoms with Crippen LogP contribution in [0, 0.1) is 0 Å². The van der Waals surface area contributed by atoms with Gasteiger partial charge in [-0.2, -0.15) is 0 Å². The molecule has 0 radical (unpaired) electrons. The molecule has 2 heteroatoms. The average Bonchev–Trinajstić information content (AvgIpc) is 3.21. The van der Waals surface area contributed by atoms with Gasteiger partial charge in [0.05, 0.1) is 11.0 Å². The summed E-state index contributed by atoms with van der Waals surface area (Å²) in [7, 11) is 0. The predicted octanol–water partition coefficient (Wildman–Crippen LogP) is 13.5. The van der Waals surface area contributed by atoms with E-state index >= 15 is 0 Å². The molecule has 2 fully saturated rings. The smallest absolute Gasteiger partial charge is 0.0974 e. The minimum absolute atomic E-state index is 0.492. The lowest BCUT2D eigenvalue weighted by Crippen LogP contribution is -2.08. The van der Waals surface area contributed by atoms with Crippen molar-refractivity contribution in [3.05, 3.63) is 145 Å². The largest absolute Gasteiger partial charge is 0.250 e. The Morgan fingerprint density at radius 2 is 0.840 bits per heavy atom. The van der Waals surface area contributed by atoms with Crippen LogP contribution in [0.3, 0.4) is 0 Å². The first-order chi connectivity index (χ1) is 24.8. The number of fused-ring (bicyclic) bond motifs is 3. The molecule has 50 heavy (non-hydrogen) atoms. The van der Waals surface area contributed by atoms with Gasteiger partial charge in [0.15, 0.2) is 0 Å². The maximum atomic E-state index is 5.54. The van der Waals surface area contributed by atoms with Gasteiger partial charge in [-0.05, 0) is 101 Å². The molecule has 5 aromatic carbocycles. The van der Waals surface area contributed by atoms with Gasteiger partial charge in [-0.15, -0.1) is 0 Å². The Kier molecular flexibility index (Phi) is 8.46. The van der Waals surface area contributed by atoms with Crippen molar-refractivity contribution >= 4 is 21.8 Å². The molecule has 0 saturated heterocycles. The van der Waals surface area contributed by atoms with E-state index in [2.05, 4.69) is 133 Å². The second-order valence-electron chi connectivity index (χ2n) is 14.6. The van der Waals surface area contributed by atoms with E-state index in [1.165, 1.54) is 131 Å². The molecule has 2 aromatic heterocycles. The Balaban J connectivity index is 1.24. The first kappa shape index (κ1) is 30.9. The van der Waals surface area contributed by atoms with Crippen molar-refractivity contribution < 1.29 is 0 Å². The third kappa shape index (κ3) is 6.13.